The Labute approximate surface area is 170 Å². The van der Waals surface area contributed by atoms with Crippen molar-refractivity contribution in [2.45, 2.75) is 31.7 Å². The molecule has 0 saturated carbocycles. The van der Waals surface area contributed by atoms with Gasteiger partial charge >= 0.3 is 0 Å². The molecule has 2 aromatic rings. The zero-order valence-corrected chi connectivity index (χ0v) is 16.7. The maximum absolute atomic E-state index is 14.4. The lowest BCUT2D eigenvalue weighted by Crippen LogP contribution is -2.40. The van der Waals surface area contributed by atoms with Crippen molar-refractivity contribution in [1.29, 1.82) is 0 Å². The molecule has 0 aliphatic carbocycles. The van der Waals surface area contributed by atoms with E-state index in [1.807, 2.05) is 24.3 Å². The molecule has 152 valence electrons. The van der Waals surface area contributed by atoms with Crippen molar-refractivity contribution in [2.24, 2.45) is 5.10 Å². The van der Waals surface area contributed by atoms with Gasteiger partial charge in [0.15, 0.2) is 0 Å². The number of hydrogen-bond donors (Lipinski definition) is 0. The molecule has 2 aromatic carbocycles. The van der Waals surface area contributed by atoms with E-state index in [4.69, 9.17) is 4.74 Å². The largest absolute Gasteiger partial charge is 0.497 e. The number of halogens is 1. The van der Waals surface area contributed by atoms with Crippen LogP contribution >= 0.6 is 0 Å². The van der Waals surface area contributed by atoms with E-state index in [2.05, 4.69) is 10.0 Å². The fraction of sp³-hybridized carbons (Fsp3) is 0.391. The fourth-order valence-corrected chi connectivity index (χ4v) is 4.07. The van der Waals surface area contributed by atoms with E-state index in [1.165, 1.54) is 12.5 Å². The third-order valence-electron chi connectivity index (χ3n) is 5.66. The second kappa shape index (κ2) is 8.74. The van der Waals surface area contributed by atoms with E-state index >= 15 is 0 Å². The topological polar surface area (TPSA) is 45.1 Å². The second-order valence-electron chi connectivity index (χ2n) is 7.59. The van der Waals surface area contributed by atoms with E-state index in [1.54, 1.807) is 30.3 Å². The van der Waals surface area contributed by atoms with Gasteiger partial charge in [-0.25, -0.2) is 9.40 Å². The molecule has 6 heteroatoms. The number of likely N-dealkylation sites (tertiary alicyclic amines) is 1. The van der Waals surface area contributed by atoms with Gasteiger partial charge in [-0.3, -0.25) is 9.69 Å². The number of nitrogens with zero attached hydrogens (tertiary/aromatic N) is 3. The highest BCUT2D eigenvalue weighted by atomic mass is 19.1. The number of carbonyl (C=O) groups excluding carboxylic acids is 1. The second-order valence-corrected chi connectivity index (χ2v) is 7.59. The maximum Gasteiger partial charge on any atom is 0.257 e. The molecule has 0 N–H and O–H groups in total. The highest BCUT2D eigenvalue weighted by Gasteiger charge is 2.34. The van der Waals surface area contributed by atoms with E-state index in [-0.39, 0.29) is 17.8 Å². The molecule has 0 bridgehead atoms. The number of amides is 1. The molecule has 0 spiro atoms. The molecule has 29 heavy (non-hydrogen) atoms. The first-order valence-electron chi connectivity index (χ1n) is 10.2. The van der Waals surface area contributed by atoms with Crippen LogP contribution in [0.15, 0.2) is 53.6 Å². The first-order chi connectivity index (χ1) is 14.2. The lowest BCUT2D eigenvalue weighted by molar-refractivity contribution is -0.134. The van der Waals surface area contributed by atoms with E-state index in [0.717, 1.165) is 37.2 Å². The van der Waals surface area contributed by atoms with Crippen molar-refractivity contribution in [3.05, 3.63) is 65.5 Å². The quantitative estimate of drug-likeness (QED) is 0.769. The van der Waals surface area contributed by atoms with Gasteiger partial charge in [-0.05, 0) is 49.7 Å². The van der Waals surface area contributed by atoms with E-state index < -0.39 is 0 Å². The maximum atomic E-state index is 14.4. The third kappa shape index (κ3) is 4.32. The summed E-state index contributed by atoms with van der Waals surface area (Å²) in [5, 5.41) is 6.14. The average molecular weight is 395 g/mol. The smallest absolute Gasteiger partial charge is 0.257 e. The number of ether oxygens (including phenoxy) is 1. The van der Waals surface area contributed by atoms with Crippen molar-refractivity contribution in [2.75, 3.05) is 26.7 Å². The Balaban J connectivity index is 1.61. The SMILES string of the molecule is COc1ccc(C2CC(c3ccccc3F)=NN2C(=O)CN2CCCCC2)cc1. The first-order valence-corrected chi connectivity index (χ1v) is 10.2. The molecule has 1 fully saturated rings. The summed E-state index contributed by atoms with van der Waals surface area (Å²) in [5.74, 6) is 0.400. The molecule has 1 saturated heterocycles. The van der Waals surface area contributed by atoms with Crippen LogP contribution in [0.5, 0.6) is 5.75 Å². The van der Waals surface area contributed by atoms with Gasteiger partial charge < -0.3 is 4.74 Å². The molecule has 0 radical (unpaired) electrons. The van der Waals surface area contributed by atoms with Gasteiger partial charge in [0.2, 0.25) is 0 Å². The summed E-state index contributed by atoms with van der Waals surface area (Å²) in [4.78, 5) is 15.3. The Morgan fingerprint density at radius 1 is 1.10 bits per heavy atom. The number of methoxy groups -OCH3 is 1. The zero-order valence-electron chi connectivity index (χ0n) is 16.7. The fourth-order valence-electron chi connectivity index (χ4n) is 4.07. The monoisotopic (exact) mass is 395 g/mol. The molecular weight excluding hydrogens is 369 g/mol. The van der Waals surface area contributed by atoms with Crippen LogP contribution in [-0.4, -0.2) is 48.3 Å². The molecule has 2 aliphatic rings. The standard InChI is InChI=1S/C23H26FN3O2/c1-29-18-11-9-17(10-12-18)22-15-21(19-7-3-4-8-20(19)24)25-27(22)23(28)16-26-13-5-2-6-14-26/h3-4,7-12,22H,2,5-6,13-16H2,1H3. The van der Waals surface area contributed by atoms with Crippen LogP contribution < -0.4 is 4.74 Å². The normalized spacial score (nSPS) is 19.9. The van der Waals surface area contributed by atoms with Crippen LogP contribution in [0.25, 0.3) is 0 Å². The van der Waals surface area contributed by atoms with Crippen LogP contribution in [0.1, 0.15) is 42.9 Å². The molecule has 2 heterocycles. The van der Waals surface area contributed by atoms with Crippen molar-refractivity contribution < 1.29 is 13.9 Å². The summed E-state index contributed by atoms with van der Waals surface area (Å²) in [5.41, 5.74) is 2.03. The molecule has 2 aliphatic heterocycles. The summed E-state index contributed by atoms with van der Waals surface area (Å²) < 4.78 is 19.6. The van der Waals surface area contributed by atoms with Crippen molar-refractivity contribution in [3.8, 4) is 5.75 Å². The van der Waals surface area contributed by atoms with E-state index in [9.17, 15) is 9.18 Å². The van der Waals surface area contributed by atoms with Gasteiger partial charge in [0.25, 0.3) is 5.91 Å². The third-order valence-corrected chi connectivity index (χ3v) is 5.66. The van der Waals surface area contributed by atoms with E-state index in [0.29, 0.717) is 24.2 Å². The van der Waals surface area contributed by atoms with Gasteiger partial charge in [-0.15, -0.1) is 0 Å². The number of carbonyl (C=O) groups is 1. The summed E-state index contributed by atoms with van der Waals surface area (Å²) in [6.45, 7) is 2.23. The van der Waals surface area contributed by atoms with Crippen LogP contribution in [0.2, 0.25) is 0 Å². The van der Waals surface area contributed by atoms with Crippen molar-refractivity contribution in [1.82, 2.24) is 9.91 Å². The van der Waals surface area contributed by atoms with Crippen LogP contribution in [-0.2, 0) is 4.79 Å². The number of benzene rings is 2. The first kappa shape index (κ1) is 19.6. The van der Waals surface area contributed by atoms with Crippen LogP contribution in [0, 0.1) is 5.82 Å². The predicted octanol–water partition coefficient (Wildman–Crippen LogP) is 4.00. The number of piperidine rings is 1. The van der Waals surface area contributed by atoms with Crippen molar-refractivity contribution in [3.63, 3.8) is 0 Å². The van der Waals surface area contributed by atoms with Gasteiger partial charge in [0.05, 0.1) is 25.4 Å². The Kier molecular flexibility index (Phi) is 5.90. The minimum Gasteiger partial charge on any atom is -0.497 e. The lowest BCUT2D eigenvalue weighted by atomic mass is 9.98. The summed E-state index contributed by atoms with van der Waals surface area (Å²) in [6.07, 6.45) is 3.95. The van der Waals surface area contributed by atoms with Crippen LogP contribution in [0.3, 0.4) is 0 Å². The van der Waals surface area contributed by atoms with Gasteiger partial charge in [-0.2, -0.15) is 5.10 Å². The molecule has 5 nitrogen and oxygen atoms in total. The minimum absolute atomic E-state index is 0.0425. The lowest BCUT2D eigenvalue weighted by Gasteiger charge is -2.29. The molecular formula is C23H26FN3O2. The number of hydrazone groups is 1. The Morgan fingerprint density at radius 2 is 1.83 bits per heavy atom. The Bertz CT molecular complexity index is 891. The minimum atomic E-state index is -0.315. The molecule has 0 aromatic heterocycles. The van der Waals surface area contributed by atoms with Crippen molar-refractivity contribution >= 4 is 11.6 Å². The molecule has 1 amide bonds. The highest BCUT2D eigenvalue weighted by Crippen LogP contribution is 2.34. The summed E-state index contributed by atoms with van der Waals surface area (Å²) in [7, 11) is 1.62. The number of hydrogen-bond acceptors (Lipinski definition) is 4. The Hall–Kier alpha value is -2.73. The predicted molar refractivity (Wildman–Crippen MR) is 110 cm³/mol. The van der Waals surface area contributed by atoms with Gasteiger partial charge in [-0.1, -0.05) is 36.8 Å². The summed E-state index contributed by atoms with van der Waals surface area (Å²) >= 11 is 0. The number of rotatable bonds is 5. The molecule has 1 unspecified atom stereocenters. The van der Waals surface area contributed by atoms with Crippen LogP contribution in [0.4, 0.5) is 4.39 Å². The van der Waals surface area contributed by atoms with Gasteiger partial charge in [0, 0.05) is 12.0 Å². The Morgan fingerprint density at radius 3 is 2.52 bits per heavy atom. The highest BCUT2D eigenvalue weighted by molar-refractivity contribution is 6.03. The zero-order chi connectivity index (χ0) is 20.2. The molecule has 1 atom stereocenters. The van der Waals surface area contributed by atoms with Gasteiger partial charge in [0.1, 0.15) is 11.6 Å². The average Bonchev–Trinajstić information content (AvgIpc) is 3.20. The summed E-state index contributed by atoms with van der Waals surface area (Å²) in [6, 6.07) is 14.0. The molecule has 4 rings (SSSR count).